The average molecular weight is 249 g/mol. The molecule has 1 heterocycles. The molecule has 0 amide bonds. The molecular weight excluding hydrogens is 226 g/mol. The number of pyridine rings is 1. The second-order valence-electron chi connectivity index (χ2n) is 5.31. The monoisotopic (exact) mass is 249 g/mol. The van der Waals surface area contributed by atoms with Crippen LogP contribution >= 0.6 is 0 Å². The van der Waals surface area contributed by atoms with Crippen molar-refractivity contribution in [3.8, 4) is 5.88 Å². The maximum absolute atomic E-state index is 5.74. The lowest BCUT2D eigenvalue weighted by molar-refractivity contribution is 0.293. The highest BCUT2D eigenvalue weighted by Crippen LogP contribution is 2.29. The number of anilines is 2. The van der Waals surface area contributed by atoms with Gasteiger partial charge in [-0.05, 0) is 36.8 Å². The van der Waals surface area contributed by atoms with Gasteiger partial charge in [0.2, 0.25) is 5.88 Å². The van der Waals surface area contributed by atoms with Crippen molar-refractivity contribution in [1.82, 2.24) is 4.98 Å². The normalized spacial score (nSPS) is 23.7. The van der Waals surface area contributed by atoms with Crippen molar-refractivity contribution >= 4 is 11.5 Å². The molecule has 1 saturated carbocycles. The van der Waals surface area contributed by atoms with Crippen molar-refractivity contribution in [2.24, 2.45) is 11.8 Å². The summed E-state index contributed by atoms with van der Waals surface area (Å²) in [6.07, 6.45) is 5.37. The number of aromatic nitrogens is 1. The van der Waals surface area contributed by atoms with E-state index in [1.54, 1.807) is 7.11 Å². The zero-order valence-electron chi connectivity index (χ0n) is 11.3. The fourth-order valence-electron chi connectivity index (χ4n) is 2.71. The maximum Gasteiger partial charge on any atom is 0.238 e. The topological polar surface area (TPSA) is 60.2 Å². The highest BCUT2D eigenvalue weighted by Gasteiger charge is 2.18. The summed E-state index contributed by atoms with van der Waals surface area (Å²) in [6.45, 7) is 3.33. The van der Waals surface area contributed by atoms with E-state index in [2.05, 4.69) is 17.2 Å². The molecule has 1 aromatic rings. The third-order valence-electron chi connectivity index (χ3n) is 3.70. The smallest absolute Gasteiger partial charge is 0.238 e. The second-order valence-corrected chi connectivity index (χ2v) is 5.31. The Morgan fingerprint density at radius 2 is 2.28 bits per heavy atom. The van der Waals surface area contributed by atoms with Crippen LogP contribution in [0.3, 0.4) is 0 Å². The van der Waals surface area contributed by atoms with Crippen molar-refractivity contribution in [1.29, 1.82) is 0 Å². The quantitative estimate of drug-likeness (QED) is 0.861. The zero-order chi connectivity index (χ0) is 13.0. The summed E-state index contributed by atoms with van der Waals surface area (Å²) >= 11 is 0. The maximum atomic E-state index is 5.74. The van der Waals surface area contributed by atoms with Gasteiger partial charge in [0.05, 0.1) is 12.8 Å². The minimum Gasteiger partial charge on any atom is -0.479 e. The molecule has 0 spiro atoms. The highest BCUT2D eigenvalue weighted by atomic mass is 16.5. The first-order chi connectivity index (χ1) is 8.69. The van der Waals surface area contributed by atoms with Crippen LogP contribution in [0.5, 0.6) is 5.88 Å². The molecule has 4 nitrogen and oxygen atoms in total. The molecule has 2 rings (SSSR count). The summed E-state index contributed by atoms with van der Waals surface area (Å²) in [5.41, 5.74) is 6.32. The van der Waals surface area contributed by atoms with Crippen LogP contribution < -0.4 is 15.8 Å². The number of nitrogens with two attached hydrogens (primary N) is 1. The Hall–Kier alpha value is -1.45. The summed E-state index contributed by atoms with van der Waals surface area (Å²) in [5, 5.41) is 3.39. The van der Waals surface area contributed by atoms with Gasteiger partial charge in [-0.25, -0.2) is 0 Å². The van der Waals surface area contributed by atoms with Crippen LogP contribution in [0.15, 0.2) is 12.1 Å². The molecule has 3 N–H and O–H groups in total. The highest BCUT2D eigenvalue weighted by molar-refractivity contribution is 5.53. The van der Waals surface area contributed by atoms with Gasteiger partial charge < -0.3 is 15.8 Å². The number of hydrogen-bond acceptors (Lipinski definition) is 4. The number of rotatable bonds is 4. The molecule has 0 radical (unpaired) electrons. The Morgan fingerprint density at radius 3 is 3.00 bits per heavy atom. The van der Waals surface area contributed by atoms with E-state index in [0.717, 1.165) is 24.2 Å². The number of ether oxygens (including phenoxy) is 1. The standard InChI is InChI=1S/C14H23N3O/c1-10-4-3-5-11(8-10)9-16-13-7-6-12(15)14(17-13)18-2/h6-7,10-11H,3-5,8-9,15H2,1-2H3,(H,16,17). The molecule has 100 valence electrons. The fraction of sp³-hybridized carbons (Fsp3) is 0.643. The Morgan fingerprint density at radius 1 is 1.44 bits per heavy atom. The minimum absolute atomic E-state index is 0.497. The second kappa shape index (κ2) is 5.94. The molecule has 0 aromatic carbocycles. The molecule has 1 aromatic heterocycles. The van der Waals surface area contributed by atoms with E-state index in [1.807, 2.05) is 12.1 Å². The van der Waals surface area contributed by atoms with Crippen molar-refractivity contribution < 1.29 is 4.74 Å². The molecule has 0 saturated heterocycles. The number of nitrogens with one attached hydrogen (secondary N) is 1. The number of nitrogens with zero attached hydrogens (tertiary/aromatic N) is 1. The number of methoxy groups -OCH3 is 1. The predicted molar refractivity (Wildman–Crippen MR) is 74.8 cm³/mol. The first-order valence-electron chi connectivity index (χ1n) is 6.73. The van der Waals surface area contributed by atoms with Crippen LogP contribution in [0.4, 0.5) is 11.5 Å². The van der Waals surface area contributed by atoms with Gasteiger partial charge in [0.15, 0.2) is 0 Å². The lowest BCUT2D eigenvalue weighted by atomic mass is 9.82. The molecule has 1 fully saturated rings. The van der Waals surface area contributed by atoms with Crippen molar-refractivity contribution in [3.05, 3.63) is 12.1 Å². The lowest BCUT2D eigenvalue weighted by Crippen LogP contribution is -2.21. The van der Waals surface area contributed by atoms with Gasteiger partial charge in [0, 0.05) is 6.54 Å². The third kappa shape index (κ3) is 3.28. The summed E-state index contributed by atoms with van der Waals surface area (Å²) in [6, 6.07) is 3.74. The van der Waals surface area contributed by atoms with E-state index in [9.17, 15) is 0 Å². The first kappa shape index (κ1) is 13.0. The van der Waals surface area contributed by atoms with Gasteiger partial charge in [-0.1, -0.05) is 19.8 Å². The molecule has 4 heteroatoms. The molecule has 0 aliphatic heterocycles. The van der Waals surface area contributed by atoms with Gasteiger partial charge in [-0.15, -0.1) is 0 Å². The van der Waals surface area contributed by atoms with Crippen LogP contribution in [-0.4, -0.2) is 18.6 Å². The van der Waals surface area contributed by atoms with E-state index < -0.39 is 0 Å². The largest absolute Gasteiger partial charge is 0.479 e. The van der Waals surface area contributed by atoms with Crippen molar-refractivity contribution in [2.75, 3.05) is 24.7 Å². The average Bonchev–Trinajstić information content (AvgIpc) is 2.38. The molecule has 2 unspecified atom stereocenters. The SMILES string of the molecule is COc1nc(NCC2CCCC(C)C2)ccc1N. The third-order valence-corrected chi connectivity index (χ3v) is 3.70. The minimum atomic E-state index is 0.497. The molecule has 2 atom stereocenters. The van der Waals surface area contributed by atoms with Crippen LogP contribution in [0.2, 0.25) is 0 Å². The first-order valence-corrected chi connectivity index (χ1v) is 6.73. The van der Waals surface area contributed by atoms with Crippen LogP contribution in [0.25, 0.3) is 0 Å². The van der Waals surface area contributed by atoms with Crippen molar-refractivity contribution in [3.63, 3.8) is 0 Å². The van der Waals surface area contributed by atoms with E-state index >= 15 is 0 Å². The van der Waals surface area contributed by atoms with Gasteiger partial charge in [0.25, 0.3) is 0 Å². The van der Waals surface area contributed by atoms with Crippen LogP contribution in [0, 0.1) is 11.8 Å². The van der Waals surface area contributed by atoms with Crippen LogP contribution in [0.1, 0.15) is 32.6 Å². The molecule has 1 aliphatic carbocycles. The van der Waals surface area contributed by atoms with E-state index in [-0.39, 0.29) is 0 Å². The lowest BCUT2D eigenvalue weighted by Gasteiger charge is -2.27. The fourth-order valence-corrected chi connectivity index (χ4v) is 2.71. The Labute approximate surface area is 109 Å². The summed E-state index contributed by atoms with van der Waals surface area (Å²) in [7, 11) is 1.59. The van der Waals surface area contributed by atoms with E-state index in [1.165, 1.54) is 25.7 Å². The molecule has 0 bridgehead atoms. The molecule has 1 aliphatic rings. The van der Waals surface area contributed by atoms with Crippen molar-refractivity contribution in [2.45, 2.75) is 32.6 Å². The Balaban J connectivity index is 1.89. The van der Waals surface area contributed by atoms with Gasteiger partial charge >= 0.3 is 0 Å². The van der Waals surface area contributed by atoms with Gasteiger partial charge in [-0.3, -0.25) is 0 Å². The van der Waals surface area contributed by atoms with Gasteiger partial charge in [-0.2, -0.15) is 4.98 Å². The molecular formula is C14H23N3O. The molecule has 18 heavy (non-hydrogen) atoms. The zero-order valence-corrected chi connectivity index (χ0v) is 11.3. The summed E-state index contributed by atoms with van der Waals surface area (Å²) in [4.78, 5) is 4.34. The summed E-state index contributed by atoms with van der Waals surface area (Å²) in [5.74, 6) is 2.97. The van der Waals surface area contributed by atoms with E-state index in [4.69, 9.17) is 10.5 Å². The van der Waals surface area contributed by atoms with Gasteiger partial charge in [0.1, 0.15) is 5.82 Å². The van der Waals surface area contributed by atoms with Crippen LogP contribution in [-0.2, 0) is 0 Å². The predicted octanol–water partition coefficient (Wildman–Crippen LogP) is 2.91. The Kier molecular flexibility index (Phi) is 4.28. The van der Waals surface area contributed by atoms with E-state index in [0.29, 0.717) is 11.6 Å². The summed E-state index contributed by atoms with van der Waals surface area (Å²) < 4.78 is 5.12. The number of hydrogen-bond donors (Lipinski definition) is 2. The Bertz CT molecular complexity index is 395. The number of nitrogen functional groups attached to an aromatic ring is 1.